The number of nitrogens with zero attached hydrogens (tertiary/aromatic N) is 1. The van der Waals surface area contributed by atoms with Crippen LogP contribution in [0.25, 0.3) is 0 Å². The van der Waals surface area contributed by atoms with Gasteiger partial charge in [-0.1, -0.05) is 6.92 Å². The Kier molecular flexibility index (Phi) is 2.97. The SMILES string of the molecule is CC1SCCCC1(CN)N1CC2CCC1C2. The molecule has 0 spiro atoms. The summed E-state index contributed by atoms with van der Waals surface area (Å²) in [4.78, 5) is 2.82. The van der Waals surface area contributed by atoms with Crippen molar-refractivity contribution in [1.82, 2.24) is 4.90 Å². The summed E-state index contributed by atoms with van der Waals surface area (Å²) in [6.07, 6.45) is 7.06. The molecule has 2 nitrogen and oxygen atoms in total. The van der Waals surface area contributed by atoms with Crippen LogP contribution in [0.1, 0.15) is 39.0 Å². The molecule has 4 atom stereocenters. The van der Waals surface area contributed by atoms with Gasteiger partial charge in [0.2, 0.25) is 0 Å². The Bertz CT molecular complexity index is 271. The summed E-state index contributed by atoms with van der Waals surface area (Å²) >= 11 is 2.14. The van der Waals surface area contributed by atoms with E-state index in [4.69, 9.17) is 5.73 Å². The molecule has 1 aliphatic carbocycles. The Morgan fingerprint density at radius 3 is 2.88 bits per heavy atom. The van der Waals surface area contributed by atoms with Crippen molar-refractivity contribution in [3.63, 3.8) is 0 Å². The van der Waals surface area contributed by atoms with Crippen LogP contribution in [-0.4, -0.2) is 40.6 Å². The van der Waals surface area contributed by atoms with Crippen LogP contribution >= 0.6 is 11.8 Å². The van der Waals surface area contributed by atoms with Gasteiger partial charge in [-0.05, 0) is 43.8 Å². The molecule has 2 bridgehead atoms. The van der Waals surface area contributed by atoms with E-state index in [1.165, 1.54) is 44.4 Å². The number of fused-ring (bicyclic) bond motifs is 2. The lowest BCUT2D eigenvalue weighted by atomic mass is 9.86. The number of rotatable bonds is 2. The van der Waals surface area contributed by atoms with E-state index >= 15 is 0 Å². The Hall–Kier alpha value is 0.270. The second kappa shape index (κ2) is 4.18. The lowest BCUT2D eigenvalue weighted by Crippen LogP contribution is -2.62. The van der Waals surface area contributed by atoms with Gasteiger partial charge in [-0.15, -0.1) is 0 Å². The molecule has 3 heteroatoms. The second-order valence-corrected chi connectivity index (χ2v) is 7.36. The molecule has 0 aromatic rings. The third-order valence-electron chi connectivity index (χ3n) is 5.21. The second-order valence-electron chi connectivity index (χ2n) is 5.91. The van der Waals surface area contributed by atoms with Crippen molar-refractivity contribution in [2.45, 2.75) is 55.9 Å². The van der Waals surface area contributed by atoms with Gasteiger partial charge in [0.25, 0.3) is 0 Å². The first-order chi connectivity index (χ1) is 7.76. The number of thioether (sulfide) groups is 1. The van der Waals surface area contributed by atoms with Gasteiger partial charge in [0.1, 0.15) is 0 Å². The summed E-state index contributed by atoms with van der Waals surface area (Å²) in [6, 6.07) is 0.870. The molecular formula is C13H24N2S. The standard InChI is InChI=1S/C13H24N2S/c1-10-13(9-14,5-2-6-16-10)15-8-11-3-4-12(15)7-11/h10-12H,2-9,14H2,1H3. The Morgan fingerprint density at radius 2 is 2.31 bits per heavy atom. The monoisotopic (exact) mass is 240 g/mol. The summed E-state index contributed by atoms with van der Waals surface area (Å²) in [5.74, 6) is 2.33. The molecule has 16 heavy (non-hydrogen) atoms. The van der Waals surface area contributed by atoms with E-state index in [-0.39, 0.29) is 0 Å². The smallest absolute Gasteiger partial charge is 0.0450 e. The van der Waals surface area contributed by atoms with Gasteiger partial charge >= 0.3 is 0 Å². The van der Waals surface area contributed by atoms with Gasteiger partial charge in [0.15, 0.2) is 0 Å². The van der Waals surface area contributed by atoms with Crippen LogP contribution in [0.15, 0.2) is 0 Å². The van der Waals surface area contributed by atoms with Crippen molar-refractivity contribution < 1.29 is 0 Å². The Morgan fingerprint density at radius 1 is 1.44 bits per heavy atom. The molecule has 3 aliphatic rings. The van der Waals surface area contributed by atoms with Crippen molar-refractivity contribution in [3.8, 4) is 0 Å². The summed E-state index contributed by atoms with van der Waals surface area (Å²) in [6.45, 7) is 4.61. The Balaban J connectivity index is 1.83. The third kappa shape index (κ3) is 1.55. The van der Waals surface area contributed by atoms with Crippen molar-refractivity contribution in [2.24, 2.45) is 11.7 Å². The predicted octanol–water partition coefficient (Wildman–Crippen LogP) is 2.08. The van der Waals surface area contributed by atoms with E-state index in [1.807, 2.05) is 0 Å². The minimum Gasteiger partial charge on any atom is -0.329 e. The summed E-state index contributed by atoms with van der Waals surface area (Å²) in [5.41, 5.74) is 6.52. The fourth-order valence-electron chi connectivity index (χ4n) is 4.23. The van der Waals surface area contributed by atoms with Gasteiger partial charge in [0.05, 0.1) is 0 Å². The summed E-state index contributed by atoms with van der Waals surface area (Å²) in [5, 5.41) is 0.727. The molecule has 3 fully saturated rings. The van der Waals surface area contributed by atoms with Crippen LogP contribution in [0.5, 0.6) is 0 Å². The molecule has 2 heterocycles. The Labute approximate surface area is 103 Å². The highest BCUT2D eigenvalue weighted by atomic mass is 32.2. The van der Waals surface area contributed by atoms with Crippen molar-refractivity contribution in [3.05, 3.63) is 0 Å². The number of hydrogen-bond acceptors (Lipinski definition) is 3. The maximum atomic E-state index is 6.19. The van der Waals surface area contributed by atoms with Crippen LogP contribution in [0.2, 0.25) is 0 Å². The first kappa shape index (κ1) is 11.4. The molecule has 2 aliphatic heterocycles. The average molecular weight is 240 g/mol. The normalized spacial score (nSPS) is 48.8. The molecule has 0 amide bonds. The maximum absolute atomic E-state index is 6.19. The largest absolute Gasteiger partial charge is 0.329 e. The van der Waals surface area contributed by atoms with E-state index in [1.54, 1.807) is 0 Å². The molecule has 92 valence electrons. The fourth-order valence-corrected chi connectivity index (χ4v) is 5.55. The van der Waals surface area contributed by atoms with E-state index < -0.39 is 0 Å². The van der Waals surface area contributed by atoms with Crippen molar-refractivity contribution in [1.29, 1.82) is 0 Å². The molecule has 2 N–H and O–H groups in total. The van der Waals surface area contributed by atoms with Gasteiger partial charge in [-0.25, -0.2) is 0 Å². The molecule has 4 unspecified atom stereocenters. The zero-order chi connectivity index (χ0) is 11.2. The molecule has 0 radical (unpaired) electrons. The fraction of sp³-hybridized carbons (Fsp3) is 1.00. The zero-order valence-electron chi connectivity index (χ0n) is 10.3. The first-order valence-corrected chi connectivity index (χ1v) is 7.89. The van der Waals surface area contributed by atoms with Crippen LogP contribution in [-0.2, 0) is 0 Å². The first-order valence-electron chi connectivity index (χ1n) is 6.85. The van der Waals surface area contributed by atoms with E-state index in [0.717, 1.165) is 23.8 Å². The maximum Gasteiger partial charge on any atom is 0.0450 e. The minimum absolute atomic E-state index is 0.336. The van der Waals surface area contributed by atoms with Crippen LogP contribution in [0.4, 0.5) is 0 Å². The van der Waals surface area contributed by atoms with Gasteiger partial charge in [0, 0.05) is 29.9 Å². The van der Waals surface area contributed by atoms with E-state index in [9.17, 15) is 0 Å². The van der Waals surface area contributed by atoms with Gasteiger partial charge < -0.3 is 5.73 Å². The minimum atomic E-state index is 0.336. The molecule has 0 aromatic carbocycles. The number of hydrogen-bond donors (Lipinski definition) is 1. The van der Waals surface area contributed by atoms with E-state index in [2.05, 4.69) is 23.6 Å². The van der Waals surface area contributed by atoms with E-state index in [0.29, 0.717) is 5.54 Å². The van der Waals surface area contributed by atoms with Crippen LogP contribution in [0.3, 0.4) is 0 Å². The van der Waals surface area contributed by atoms with Crippen LogP contribution < -0.4 is 5.73 Å². The number of likely N-dealkylation sites (tertiary alicyclic amines) is 1. The molecule has 2 saturated heterocycles. The highest BCUT2D eigenvalue weighted by Crippen LogP contribution is 2.47. The highest BCUT2D eigenvalue weighted by molar-refractivity contribution is 8.00. The molecular weight excluding hydrogens is 216 g/mol. The van der Waals surface area contributed by atoms with Crippen LogP contribution in [0, 0.1) is 5.92 Å². The summed E-state index contributed by atoms with van der Waals surface area (Å²) in [7, 11) is 0. The van der Waals surface area contributed by atoms with Gasteiger partial charge in [-0.3, -0.25) is 4.90 Å². The third-order valence-corrected chi connectivity index (χ3v) is 6.68. The number of nitrogens with two attached hydrogens (primary N) is 1. The zero-order valence-corrected chi connectivity index (χ0v) is 11.1. The molecule has 0 aromatic heterocycles. The predicted molar refractivity (Wildman–Crippen MR) is 70.8 cm³/mol. The highest BCUT2D eigenvalue weighted by Gasteiger charge is 2.50. The topological polar surface area (TPSA) is 29.3 Å². The van der Waals surface area contributed by atoms with Gasteiger partial charge in [-0.2, -0.15) is 11.8 Å². The number of piperidine rings is 1. The average Bonchev–Trinajstić information content (AvgIpc) is 2.92. The van der Waals surface area contributed by atoms with Crippen molar-refractivity contribution in [2.75, 3.05) is 18.8 Å². The molecule has 1 saturated carbocycles. The van der Waals surface area contributed by atoms with Crippen molar-refractivity contribution >= 4 is 11.8 Å². The summed E-state index contributed by atoms with van der Waals surface area (Å²) < 4.78 is 0. The lowest BCUT2D eigenvalue weighted by Gasteiger charge is -2.51. The molecule has 3 rings (SSSR count). The quantitative estimate of drug-likeness (QED) is 0.801. The lowest BCUT2D eigenvalue weighted by molar-refractivity contribution is 0.0509.